The van der Waals surface area contributed by atoms with E-state index >= 15 is 0 Å². The van der Waals surface area contributed by atoms with Crippen LogP contribution >= 0.6 is 15.9 Å². The Hall–Kier alpha value is -1.62. The van der Waals surface area contributed by atoms with Crippen molar-refractivity contribution in [2.75, 3.05) is 12.4 Å². The monoisotopic (exact) mass is 327 g/mol. The highest BCUT2D eigenvalue weighted by molar-refractivity contribution is 9.10. The fourth-order valence-corrected chi connectivity index (χ4v) is 2.13. The van der Waals surface area contributed by atoms with Gasteiger partial charge in [-0.3, -0.25) is 0 Å². The maximum atomic E-state index is 13.5. The number of methoxy groups -OCH3 is 1. The Morgan fingerprint density at radius 2 is 1.95 bits per heavy atom. The van der Waals surface area contributed by atoms with Crippen LogP contribution in [-0.2, 0) is 6.54 Å². The molecular weight excluding hydrogens is 316 g/mol. The van der Waals surface area contributed by atoms with E-state index in [-0.39, 0.29) is 11.6 Å². The summed E-state index contributed by atoms with van der Waals surface area (Å²) in [6, 6.07) is 9.08. The van der Waals surface area contributed by atoms with E-state index in [1.54, 1.807) is 18.2 Å². The summed E-state index contributed by atoms with van der Waals surface area (Å²) in [5.74, 6) is -0.523. The Balaban J connectivity index is 2.08. The molecule has 0 aliphatic rings. The van der Waals surface area contributed by atoms with Gasteiger partial charge in [-0.1, -0.05) is 22.0 Å². The van der Waals surface area contributed by atoms with E-state index in [0.29, 0.717) is 16.7 Å². The Morgan fingerprint density at radius 3 is 2.58 bits per heavy atom. The Kier molecular flexibility index (Phi) is 4.37. The van der Waals surface area contributed by atoms with Gasteiger partial charge in [0.25, 0.3) is 0 Å². The fraction of sp³-hybridized carbons (Fsp3) is 0.143. The third kappa shape index (κ3) is 3.44. The zero-order valence-electron chi connectivity index (χ0n) is 10.2. The second kappa shape index (κ2) is 6.02. The fourth-order valence-electron chi connectivity index (χ4n) is 1.64. The van der Waals surface area contributed by atoms with Crippen LogP contribution in [-0.4, -0.2) is 7.11 Å². The molecule has 0 spiro atoms. The molecule has 2 aromatic carbocycles. The molecule has 0 unspecified atom stereocenters. The summed E-state index contributed by atoms with van der Waals surface area (Å²) < 4.78 is 31.9. The molecule has 2 aromatic rings. The van der Waals surface area contributed by atoms with Gasteiger partial charge in [-0.25, -0.2) is 8.78 Å². The first kappa shape index (κ1) is 13.8. The Bertz CT molecular complexity index is 590. The van der Waals surface area contributed by atoms with E-state index in [1.165, 1.54) is 25.3 Å². The highest BCUT2D eigenvalue weighted by atomic mass is 79.9. The van der Waals surface area contributed by atoms with Crippen LogP contribution in [0, 0.1) is 11.6 Å². The van der Waals surface area contributed by atoms with Crippen LogP contribution in [0.5, 0.6) is 5.75 Å². The highest BCUT2D eigenvalue weighted by Gasteiger charge is 2.05. The molecule has 2 nitrogen and oxygen atoms in total. The molecule has 0 aliphatic heterocycles. The summed E-state index contributed by atoms with van der Waals surface area (Å²) in [6.45, 7) is 0.465. The highest BCUT2D eigenvalue weighted by Crippen LogP contribution is 2.23. The van der Waals surface area contributed by atoms with E-state index in [2.05, 4.69) is 21.2 Å². The molecule has 100 valence electrons. The van der Waals surface area contributed by atoms with Gasteiger partial charge in [0.1, 0.15) is 5.82 Å². The molecule has 19 heavy (non-hydrogen) atoms. The minimum absolute atomic E-state index is 0.202. The van der Waals surface area contributed by atoms with Crippen molar-refractivity contribution >= 4 is 21.6 Å². The summed E-state index contributed by atoms with van der Waals surface area (Å²) in [7, 11) is 1.42. The smallest absolute Gasteiger partial charge is 0.167 e. The lowest BCUT2D eigenvalue weighted by Gasteiger charge is -2.09. The standard InChI is InChI=1S/C14H12BrF2NO/c1-19-14-5-4-11(7-13(14)17)18-8-9-2-3-10(16)6-12(9)15/h2-7,18H,8H2,1H3. The molecule has 0 aromatic heterocycles. The van der Waals surface area contributed by atoms with Crippen LogP contribution in [0.4, 0.5) is 14.5 Å². The van der Waals surface area contributed by atoms with Crippen molar-refractivity contribution in [2.24, 2.45) is 0 Å². The lowest BCUT2D eigenvalue weighted by Crippen LogP contribution is -2.01. The van der Waals surface area contributed by atoms with Crippen molar-refractivity contribution in [1.29, 1.82) is 0 Å². The van der Waals surface area contributed by atoms with Crippen molar-refractivity contribution < 1.29 is 13.5 Å². The number of hydrogen-bond acceptors (Lipinski definition) is 2. The average Bonchev–Trinajstić information content (AvgIpc) is 2.38. The third-order valence-corrected chi connectivity index (χ3v) is 3.39. The van der Waals surface area contributed by atoms with Crippen LogP contribution < -0.4 is 10.1 Å². The number of ether oxygens (including phenoxy) is 1. The van der Waals surface area contributed by atoms with Crippen molar-refractivity contribution in [3.05, 3.63) is 58.1 Å². The molecule has 0 atom stereocenters. The van der Waals surface area contributed by atoms with E-state index < -0.39 is 5.82 Å². The Morgan fingerprint density at radius 1 is 1.16 bits per heavy atom. The van der Waals surface area contributed by atoms with Gasteiger partial charge in [-0.2, -0.15) is 0 Å². The number of halogens is 3. The maximum absolute atomic E-state index is 13.5. The van der Waals surface area contributed by atoms with Crippen LogP contribution in [0.2, 0.25) is 0 Å². The van der Waals surface area contributed by atoms with Crippen LogP contribution in [0.3, 0.4) is 0 Å². The average molecular weight is 328 g/mol. The molecule has 5 heteroatoms. The van der Waals surface area contributed by atoms with E-state index in [1.807, 2.05) is 0 Å². The summed E-state index contributed by atoms with van der Waals surface area (Å²) in [5.41, 5.74) is 1.52. The van der Waals surface area contributed by atoms with Crippen LogP contribution in [0.15, 0.2) is 40.9 Å². The molecule has 0 aliphatic carbocycles. The van der Waals surface area contributed by atoms with Crippen LogP contribution in [0.25, 0.3) is 0 Å². The van der Waals surface area contributed by atoms with Gasteiger partial charge >= 0.3 is 0 Å². The number of nitrogens with one attached hydrogen (secondary N) is 1. The Labute approximate surface area is 118 Å². The molecule has 0 bridgehead atoms. The molecule has 2 rings (SSSR count). The van der Waals surface area contributed by atoms with Crippen molar-refractivity contribution in [3.8, 4) is 5.75 Å². The van der Waals surface area contributed by atoms with E-state index in [0.717, 1.165) is 5.56 Å². The number of rotatable bonds is 4. The van der Waals surface area contributed by atoms with E-state index in [4.69, 9.17) is 4.74 Å². The van der Waals surface area contributed by atoms with Gasteiger partial charge in [-0.15, -0.1) is 0 Å². The van der Waals surface area contributed by atoms with Gasteiger partial charge in [0.15, 0.2) is 11.6 Å². The van der Waals surface area contributed by atoms with Gasteiger partial charge in [0.2, 0.25) is 0 Å². The van der Waals surface area contributed by atoms with Crippen molar-refractivity contribution in [3.63, 3.8) is 0 Å². The molecule has 0 saturated heterocycles. The van der Waals surface area contributed by atoms with Crippen LogP contribution in [0.1, 0.15) is 5.56 Å². The molecule has 0 radical (unpaired) electrons. The first-order valence-corrected chi connectivity index (χ1v) is 6.41. The normalized spacial score (nSPS) is 10.3. The number of anilines is 1. The molecular formula is C14H12BrF2NO. The molecule has 0 amide bonds. The van der Waals surface area contributed by atoms with Crippen molar-refractivity contribution in [2.45, 2.75) is 6.54 Å². The minimum Gasteiger partial charge on any atom is -0.494 e. The summed E-state index contributed by atoms with van der Waals surface area (Å²) in [5, 5.41) is 3.07. The predicted octanol–water partition coefficient (Wildman–Crippen LogP) is 4.35. The number of hydrogen-bond donors (Lipinski definition) is 1. The quantitative estimate of drug-likeness (QED) is 0.901. The topological polar surface area (TPSA) is 21.3 Å². The summed E-state index contributed by atoms with van der Waals surface area (Å²) >= 11 is 3.28. The van der Waals surface area contributed by atoms with Gasteiger partial charge < -0.3 is 10.1 Å². The molecule has 0 saturated carbocycles. The molecule has 1 N–H and O–H groups in total. The minimum atomic E-state index is -0.425. The third-order valence-electron chi connectivity index (χ3n) is 2.65. The first-order valence-electron chi connectivity index (χ1n) is 5.61. The van der Waals surface area contributed by atoms with Gasteiger partial charge in [0.05, 0.1) is 7.11 Å². The van der Waals surface area contributed by atoms with Crippen molar-refractivity contribution in [1.82, 2.24) is 0 Å². The van der Waals surface area contributed by atoms with E-state index in [9.17, 15) is 8.78 Å². The second-order valence-corrected chi connectivity index (χ2v) is 4.79. The lowest BCUT2D eigenvalue weighted by molar-refractivity contribution is 0.386. The predicted molar refractivity (Wildman–Crippen MR) is 74.4 cm³/mol. The first-order chi connectivity index (χ1) is 9.10. The number of benzene rings is 2. The SMILES string of the molecule is COc1ccc(NCc2ccc(F)cc2Br)cc1F. The summed E-state index contributed by atoms with van der Waals surface area (Å²) in [6.07, 6.45) is 0. The zero-order chi connectivity index (χ0) is 13.8. The maximum Gasteiger partial charge on any atom is 0.167 e. The zero-order valence-corrected chi connectivity index (χ0v) is 11.8. The molecule has 0 fully saturated rings. The van der Waals surface area contributed by atoms with Gasteiger partial charge in [-0.05, 0) is 29.8 Å². The molecule has 0 heterocycles. The van der Waals surface area contributed by atoms with Gasteiger partial charge in [0, 0.05) is 22.8 Å². The summed E-state index contributed by atoms with van der Waals surface area (Å²) in [4.78, 5) is 0. The second-order valence-electron chi connectivity index (χ2n) is 3.94. The lowest BCUT2D eigenvalue weighted by atomic mass is 10.2. The largest absolute Gasteiger partial charge is 0.494 e.